The third kappa shape index (κ3) is 3.24. The lowest BCUT2D eigenvalue weighted by Crippen LogP contribution is -2.39. The molecular formula is C21H26N4O2. The number of fused-ring (bicyclic) bond motifs is 3. The molecule has 1 atom stereocenters. The van der Waals surface area contributed by atoms with E-state index in [0.717, 1.165) is 29.4 Å². The third-order valence-electron chi connectivity index (χ3n) is 5.64. The first kappa shape index (κ1) is 17.8. The first-order chi connectivity index (χ1) is 13.1. The number of nitrogens with zero attached hydrogens (tertiary/aromatic N) is 3. The van der Waals surface area contributed by atoms with Crippen LogP contribution in [0.3, 0.4) is 0 Å². The number of benzene rings is 1. The van der Waals surface area contributed by atoms with E-state index in [9.17, 15) is 9.59 Å². The maximum Gasteiger partial charge on any atom is 0.273 e. The zero-order valence-corrected chi connectivity index (χ0v) is 15.9. The number of hydrogen-bond donors (Lipinski definition) is 1. The standard InChI is InChI=1S/C21H26N4O2/c1-14-13-19(26)23-20-17-11-7-8-12-18(17)25(24(14)20)15(2)21(27)22-16-9-5-3-4-6-10-16/h7-8,11-13,15-16H,3-6,9-10H2,1-2H3,(H,22,27)/t15-/m0/s1. The largest absolute Gasteiger partial charge is 0.352 e. The number of hydrogen-bond acceptors (Lipinski definition) is 3. The summed E-state index contributed by atoms with van der Waals surface area (Å²) >= 11 is 0. The predicted octanol–water partition coefficient (Wildman–Crippen LogP) is 3.36. The number of carbonyl (C=O) groups is 1. The van der Waals surface area contributed by atoms with E-state index in [0.29, 0.717) is 5.65 Å². The van der Waals surface area contributed by atoms with Gasteiger partial charge < -0.3 is 5.32 Å². The first-order valence-corrected chi connectivity index (χ1v) is 9.86. The van der Waals surface area contributed by atoms with Gasteiger partial charge in [-0.2, -0.15) is 4.98 Å². The van der Waals surface area contributed by atoms with Crippen molar-refractivity contribution in [1.82, 2.24) is 19.5 Å². The lowest BCUT2D eigenvalue weighted by Gasteiger charge is -2.22. The fourth-order valence-electron chi connectivity index (χ4n) is 4.25. The van der Waals surface area contributed by atoms with E-state index < -0.39 is 6.04 Å². The minimum Gasteiger partial charge on any atom is -0.352 e. The van der Waals surface area contributed by atoms with E-state index in [-0.39, 0.29) is 17.5 Å². The van der Waals surface area contributed by atoms with Crippen LogP contribution in [0.5, 0.6) is 0 Å². The van der Waals surface area contributed by atoms with Gasteiger partial charge in [-0.25, -0.2) is 4.52 Å². The topological polar surface area (TPSA) is 68.4 Å². The van der Waals surface area contributed by atoms with Crippen LogP contribution in [0.1, 0.15) is 57.2 Å². The van der Waals surface area contributed by atoms with E-state index in [1.54, 1.807) is 0 Å². The quantitative estimate of drug-likeness (QED) is 0.723. The maximum absolute atomic E-state index is 13.1. The molecular weight excluding hydrogens is 340 g/mol. The van der Waals surface area contributed by atoms with Crippen molar-refractivity contribution in [3.8, 4) is 0 Å². The van der Waals surface area contributed by atoms with E-state index in [4.69, 9.17) is 0 Å². The van der Waals surface area contributed by atoms with Crippen molar-refractivity contribution in [1.29, 1.82) is 0 Å². The second-order valence-corrected chi connectivity index (χ2v) is 7.61. The molecule has 2 heterocycles. The lowest BCUT2D eigenvalue weighted by atomic mass is 10.1. The van der Waals surface area contributed by atoms with Gasteiger partial charge in [0.25, 0.3) is 5.56 Å². The molecule has 1 aromatic carbocycles. The molecule has 142 valence electrons. The number of nitrogens with one attached hydrogen (secondary N) is 1. The summed E-state index contributed by atoms with van der Waals surface area (Å²) in [5.41, 5.74) is 2.02. The Morgan fingerprint density at radius 1 is 1.19 bits per heavy atom. The Morgan fingerprint density at radius 3 is 2.63 bits per heavy atom. The molecule has 0 unspecified atom stereocenters. The van der Waals surface area contributed by atoms with Crippen molar-refractivity contribution < 1.29 is 4.79 Å². The molecule has 6 heteroatoms. The number of amides is 1. The summed E-state index contributed by atoms with van der Waals surface area (Å²) in [6.07, 6.45) is 6.98. The molecule has 4 rings (SSSR count). The van der Waals surface area contributed by atoms with Crippen LogP contribution in [0.15, 0.2) is 35.1 Å². The molecule has 0 bridgehead atoms. The summed E-state index contributed by atoms with van der Waals surface area (Å²) in [6.45, 7) is 3.79. The average Bonchev–Trinajstić information content (AvgIpc) is 2.79. The summed E-state index contributed by atoms with van der Waals surface area (Å²) in [6, 6.07) is 9.16. The Morgan fingerprint density at radius 2 is 1.89 bits per heavy atom. The van der Waals surface area contributed by atoms with Gasteiger partial charge in [-0.05, 0) is 38.8 Å². The monoisotopic (exact) mass is 366 g/mol. The number of aromatic nitrogens is 3. The fraction of sp³-hybridized carbons (Fsp3) is 0.476. The third-order valence-corrected chi connectivity index (χ3v) is 5.64. The smallest absolute Gasteiger partial charge is 0.273 e. The van der Waals surface area contributed by atoms with Crippen LogP contribution in [-0.2, 0) is 4.79 Å². The Kier molecular flexibility index (Phi) is 4.72. The van der Waals surface area contributed by atoms with E-state index in [1.807, 2.05) is 47.3 Å². The maximum atomic E-state index is 13.1. The van der Waals surface area contributed by atoms with Crippen molar-refractivity contribution in [2.75, 3.05) is 0 Å². The molecule has 1 N–H and O–H groups in total. The normalized spacial score (nSPS) is 17.1. The second kappa shape index (κ2) is 7.18. The minimum atomic E-state index is -0.404. The molecule has 0 radical (unpaired) electrons. The molecule has 1 saturated carbocycles. The second-order valence-electron chi connectivity index (χ2n) is 7.61. The van der Waals surface area contributed by atoms with E-state index >= 15 is 0 Å². The van der Waals surface area contributed by atoms with E-state index in [1.165, 1.54) is 31.7 Å². The zero-order chi connectivity index (χ0) is 19.0. The highest BCUT2D eigenvalue weighted by Gasteiger charge is 2.24. The average molecular weight is 366 g/mol. The van der Waals surface area contributed by atoms with Gasteiger partial charge in [0.05, 0.1) is 5.52 Å². The summed E-state index contributed by atoms with van der Waals surface area (Å²) in [7, 11) is 0. The van der Waals surface area contributed by atoms with Gasteiger partial charge in [0.2, 0.25) is 5.91 Å². The lowest BCUT2D eigenvalue weighted by molar-refractivity contribution is -0.124. The number of para-hydroxylation sites is 1. The fourth-order valence-corrected chi connectivity index (χ4v) is 4.25. The van der Waals surface area contributed by atoms with Crippen LogP contribution >= 0.6 is 0 Å². The Bertz CT molecular complexity index is 1040. The molecule has 0 spiro atoms. The highest BCUT2D eigenvalue weighted by Crippen LogP contribution is 2.25. The van der Waals surface area contributed by atoms with Crippen LogP contribution in [0.4, 0.5) is 0 Å². The van der Waals surface area contributed by atoms with Gasteiger partial charge in [0.15, 0.2) is 5.65 Å². The van der Waals surface area contributed by atoms with Crippen LogP contribution < -0.4 is 10.9 Å². The summed E-state index contributed by atoms with van der Waals surface area (Å²) in [5, 5.41) is 4.13. The minimum absolute atomic E-state index is 0.0163. The van der Waals surface area contributed by atoms with Crippen molar-refractivity contribution >= 4 is 22.5 Å². The van der Waals surface area contributed by atoms with Gasteiger partial charge in [0.1, 0.15) is 6.04 Å². The van der Waals surface area contributed by atoms with Gasteiger partial charge in [-0.3, -0.25) is 14.3 Å². The molecule has 6 nitrogen and oxygen atoms in total. The predicted molar refractivity (Wildman–Crippen MR) is 106 cm³/mol. The van der Waals surface area contributed by atoms with Crippen LogP contribution in [0, 0.1) is 6.92 Å². The molecule has 1 fully saturated rings. The van der Waals surface area contributed by atoms with Crippen molar-refractivity contribution in [2.45, 2.75) is 64.5 Å². The molecule has 27 heavy (non-hydrogen) atoms. The molecule has 1 aliphatic carbocycles. The van der Waals surface area contributed by atoms with Crippen LogP contribution in [-0.4, -0.2) is 26.1 Å². The molecule has 1 amide bonds. The summed E-state index contributed by atoms with van der Waals surface area (Å²) in [4.78, 5) is 29.2. The molecule has 2 aromatic heterocycles. The van der Waals surface area contributed by atoms with Crippen molar-refractivity contribution in [2.24, 2.45) is 0 Å². The summed E-state index contributed by atoms with van der Waals surface area (Å²) < 4.78 is 3.85. The Labute approximate surface area is 158 Å². The van der Waals surface area contributed by atoms with Crippen LogP contribution in [0.25, 0.3) is 16.6 Å². The van der Waals surface area contributed by atoms with Gasteiger partial charge in [0, 0.05) is 23.2 Å². The highest BCUT2D eigenvalue weighted by atomic mass is 16.2. The van der Waals surface area contributed by atoms with Crippen molar-refractivity contribution in [3.63, 3.8) is 0 Å². The Balaban J connectivity index is 1.77. The van der Waals surface area contributed by atoms with Crippen LogP contribution in [0.2, 0.25) is 0 Å². The number of rotatable bonds is 3. The zero-order valence-electron chi connectivity index (χ0n) is 15.9. The molecule has 3 aromatic rings. The van der Waals surface area contributed by atoms with Crippen molar-refractivity contribution in [3.05, 3.63) is 46.4 Å². The number of carbonyl (C=O) groups excluding carboxylic acids is 1. The number of aryl methyl sites for hydroxylation is 1. The van der Waals surface area contributed by atoms with Gasteiger partial charge >= 0.3 is 0 Å². The molecule has 1 aliphatic rings. The molecule has 0 saturated heterocycles. The van der Waals surface area contributed by atoms with Gasteiger partial charge in [-0.1, -0.05) is 37.8 Å². The Hall–Kier alpha value is -2.63. The SMILES string of the molecule is Cc1cc(=O)nc2c3ccccc3n([C@@H](C)C(=O)NC3CCCCCC3)n12. The molecule has 0 aliphatic heterocycles. The van der Waals surface area contributed by atoms with E-state index in [2.05, 4.69) is 10.3 Å². The van der Waals surface area contributed by atoms with Gasteiger partial charge in [-0.15, -0.1) is 0 Å². The first-order valence-electron chi connectivity index (χ1n) is 9.86. The highest BCUT2D eigenvalue weighted by molar-refractivity contribution is 5.94. The summed E-state index contributed by atoms with van der Waals surface area (Å²) in [5.74, 6) is 0.0163.